The van der Waals surface area contributed by atoms with Crippen LogP contribution in [-0.4, -0.2) is 17.6 Å². The van der Waals surface area contributed by atoms with Crippen LogP contribution < -0.4 is 5.73 Å². The quantitative estimate of drug-likeness (QED) is 0.518. The van der Waals surface area contributed by atoms with E-state index in [-0.39, 0.29) is 12.2 Å². The maximum atomic E-state index is 10.3. The molecule has 0 rings (SSSR count). The Bertz CT molecular complexity index is 129. The van der Waals surface area contributed by atoms with Crippen molar-refractivity contribution < 1.29 is 9.90 Å². The van der Waals surface area contributed by atoms with Crippen LogP contribution in [0.2, 0.25) is 0 Å². The van der Waals surface area contributed by atoms with Crippen molar-refractivity contribution in [3.63, 3.8) is 0 Å². The number of rotatable bonds is 3. The Morgan fingerprint density at radius 3 is 2.44 bits per heavy atom. The van der Waals surface area contributed by atoms with Gasteiger partial charge < -0.3 is 10.8 Å². The lowest BCUT2D eigenvalue weighted by Crippen LogP contribution is -2.16. The van der Waals surface area contributed by atoms with E-state index in [4.69, 9.17) is 10.8 Å². The fourth-order valence-electron chi connectivity index (χ4n) is 0.489. The van der Waals surface area contributed by atoms with E-state index < -0.39 is 5.91 Å². The monoisotopic (exact) mass is 129 g/mol. The molecule has 52 valence electrons. The van der Waals surface area contributed by atoms with Crippen LogP contribution in [-0.2, 0) is 4.79 Å². The summed E-state index contributed by atoms with van der Waals surface area (Å²) in [5.74, 6) is -0.542. The van der Waals surface area contributed by atoms with Crippen molar-refractivity contribution in [2.24, 2.45) is 5.73 Å². The molecule has 3 nitrogen and oxygen atoms in total. The summed E-state index contributed by atoms with van der Waals surface area (Å²) in [7, 11) is 0. The Morgan fingerprint density at radius 2 is 2.33 bits per heavy atom. The summed E-state index contributed by atoms with van der Waals surface area (Å²) in [6.45, 7) is 1.61. The zero-order valence-corrected chi connectivity index (χ0v) is 5.42. The minimum atomic E-state index is -0.542. The van der Waals surface area contributed by atoms with Crippen molar-refractivity contribution in [3.05, 3.63) is 11.6 Å². The second kappa shape index (κ2) is 4.09. The molecule has 0 aromatic carbocycles. The number of carbonyl (C=O) groups excluding carboxylic acids is 1. The van der Waals surface area contributed by atoms with Crippen LogP contribution in [0.4, 0.5) is 0 Å². The first-order valence-electron chi connectivity index (χ1n) is 2.82. The molecule has 0 radical (unpaired) electrons. The average Bonchev–Trinajstić information content (AvgIpc) is 1.82. The molecule has 0 aliphatic rings. The van der Waals surface area contributed by atoms with E-state index in [1.165, 1.54) is 0 Å². The van der Waals surface area contributed by atoms with Gasteiger partial charge in [0, 0.05) is 5.57 Å². The van der Waals surface area contributed by atoms with E-state index >= 15 is 0 Å². The first-order chi connectivity index (χ1) is 4.22. The van der Waals surface area contributed by atoms with Crippen LogP contribution in [0, 0.1) is 0 Å². The molecule has 0 bridgehead atoms. The lowest BCUT2D eigenvalue weighted by atomic mass is 10.2. The molecule has 3 N–H and O–H groups in total. The average molecular weight is 129 g/mol. The third-order valence-corrected chi connectivity index (χ3v) is 0.937. The number of hydrogen-bond acceptors (Lipinski definition) is 2. The summed E-state index contributed by atoms with van der Waals surface area (Å²) in [6, 6.07) is 0. The molecule has 0 aliphatic heterocycles. The van der Waals surface area contributed by atoms with Gasteiger partial charge in [-0.15, -0.1) is 0 Å². The third-order valence-electron chi connectivity index (χ3n) is 0.937. The Kier molecular flexibility index (Phi) is 3.71. The van der Waals surface area contributed by atoms with Crippen LogP contribution in [0.15, 0.2) is 11.6 Å². The van der Waals surface area contributed by atoms with Crippen molar-refractivity contribution in [2.45, 2.75) is 13.3 Å². The highest BCUT2D eigenvalue weighted by Gasteiger charge is 1.99. The molecule has 0 spiro atoms. The summed E-state index contributed by atoms with van der Waals surface area (Å²) < 4.78 is 0. The number of nitrogens with two attached hydrogens (primary N) is 1. The standard InChI is InChI=1S/C6H11NO2/c1-2-3-5(4-8)6(7)9/h3,8H,2,4H2,1H3,(H2,7,9). The SMILES string of the molecule is CCC=C(CO)C(N)=O. The second-order valence-corrected chi connectivity index (χ2v) is 1.66. The van der Waals surface area contributed by atoms with E-state index in [1.807, 2.05) is 6.92 Å². The lowest BCUT2D eigenvalue weighted by molar-refractivity contribution is -0.114. The molecule has 0 atom stereocenters. The first kappa shape index (κ1) is 8.17. The molecule has 1 amide bonds. The molecule has 0 aliphatic carbocycles. The molecule has 0 unspecified atom stereocenters. The van der Waals surface area contributed by atoms with E-state index in [0.29, 0.717) is 0 Å². The minimum Gasteiger partial charge on any atom is -0.391 e. The van der Waals surface area contributed by atoms with Gasteiger partial charge in [-0.1, -0.05) is 13.0 Å². The topological polar surface area (TPSA) is 63.3 Å². The molecule has 0 fully saturated rings. The summed E-state index contributed by atoms with van der Waals surface area (Å²) in [6.07, 6.45) is 2.33. The molecule has 3 heteroatoms. The van der Waals surface area contributed by atoms with Gasteiger partial charge in [0.2, 0.25) is 5.91 Å². The lowest BCUT2D eigenvalue weighted by Gasteiger charge is -1.94. The summed E-state index contributed by atoms with van der Waals surface area (Å²) in [5.41, 5.74) is 5.16. The van der Waals surface area contributed by atoms with Gasteiger partial charge in [0.15, 0.2) is 0 Å². The molecular weight excluding hydrogens is 118 g/mol. The van der Waals surface area contributed by atoms with Crippen molar-refractivity contribution in [3.8, 4) is 0 Å². The Balaban J connectivity index is 3.98. The van der Waals surface area contributed by atoms with Crippen LogP contribution in [0.25, 0.3) is 0 Å². The molecule has 0 saturated carbocycles. The van der Waals surface area contributed by atoms with Crippen molar-refractivity contribution in [2.75, 3.05) is 6.61 Å². The van der Waals surface area contributed by atoms with Gasteiger partial charge in [-0.2, -0.15) is 0 Å². The highest BCUT2D eigenvalue weighted by molar-refractivity contribution is 5.92. The van der Waals surface area contributed by atoms with Crippen LogP contribution >= 0.6 is 0 Å². The molecule has 0 heterocycles. The maximum Gasteiger partial charge on any atom is 0.246 e. The molecule has 0 aromatic rings. The van der Waals surface area contributed by atoms with Gasteiger partial charge in [-0.05, 0) is 6.42 Å². The van der Waals surface area contributed by atoms with Crippen molar-refractivity contribution in [1.29, 1.82) is 0 Å². The van der Waals surface area contributed by atoms with Crippen LogP contribution in [0.1, 0.15) is 13.3 Å². The van der Waals surface area contributed by atoms with Gasteiger partial charge >= 0.3 is 0 Å². The van der Waals surface area contributed by atoms with Gasteiger partial charge in [0.25, 0.3) is 0 Å². The molecule has 0 aromatic heterocycles. The molecule has 9 heavy (non-hydrogen) atoms. The van der Waals surface area contributed by atoms with Crippen LogP contribution in [0.5, 0.6) is 0 Å². The van der Waals surface area contributed by atoms with E-state index in [9.17, 15) is 4.79 Å². The Labute approximate surface area is 54.2 Å². The smallest absolute Gasteiger partial charge is 0.246 e. The number of allylic oxidation sites excluding steroid dienone is 1. The minimum absolute atomic E-state index is 0.261. The first-order valence-corrected chi connectivity index (χ1v) is 2.82. The predicted octanol–water partition coefficient (Wildman–Crippen LogP) is -0.200. The number of hydrogen-bond donors (Lipinski definition) is 2. The number of aliphatic hydroxyl groups is 1. The number of carbonyl (C=O) groups is 1. The predicted molar refractivity (Wildman–Crippen MR) is 34.7 cm³/mol. The maximum absolute atomic E-state index is 10.3. The van der Waals surface area contributed by atoms with E-state index in [1.54, 1.807) is 6.08 Å². The van der Waals surface area contributed by atoms with E-state index in [2.05, 4.69) is 0 Å². The number of amides is 1. The fraction of sp³-hybridized carbons (Fsp3) is 0.500. The highest BCUT2D eigenvalue weighted by Crippen LogP contribution is 1.92. The Hall–Kier alpha value is -0.830. The van der Waals surface area contributed by atoms with E-state index in [0.717, 1.165) is 6.42 Å². The fourth-order valence-corrected chi connectivity index (χ4v) is 0.489. The van der Waals surface area contributed by atoms with Gasteiger partial charge in [0.1, 0.15) is 0 Å². The van der Waals surface area contributed by atoms with Gasteiger partial charge in [-0.25, -0.2) is 0 Å². The van der Waals surface area contributed by atoms with Gasteiger partial charge in [0.05, 0.1) is 6.61 Å². The Morgan fingerprint density at radius 1 is 1.78 bits per heavy atom. The zero-order valence-electron chi connectivity index (χ0n) is 5.42. The second-order valence-electron chi connectivity index (χ2n) is 1.66. The normalized spacial score (nSPS) is 11.6. The zero-order chi connectivity index (χ0) is 7.28. The number of aliphatic hydroxyl groups excluding tert-OH is 1. The summed E-state index contributed by atoms with van der Waals surface area (Å²) in [5, 5.41) is 8.46. The molecular formula is C6H11NO2. The third kappa shape index (κ3) is 2.87. The van der Waals surface area contributed by atoms with Crippen LogP contribution in [0.3, 0.4) is 0 Å². The van der Waals surface area contributed by atoms with Gasteiger partial charge in [-0.3, -0.25) is 4.79 Å². The molecule has 0 saturated heterocycles. The largest absolute Gasteiger partial charge is 0.391 e. The highest BCUT2D eigenvalue weighted by atomic mass is 16.3. The number of primary amides is 1. The summed E-state index contributed by atoms with van der Waals surface area (Å²) in [4.78, 5) is 10.3. The summed E-state index contributed by atoms with van der Waals surface area (Å²) >= 11 is 0. The van der Waals surface area contributed by atoms with Crippen molar-refractivity contribution in [1.82, 2.24) is 0 Å². The van der Waals surface area contributed by atoms with Crippen molar-refractivity contribution >= 4 is 5.91 Å².